The minimum absolute atomic E-state index is 0.185. The molecule has 1 aliphatic heterocycles. The predicted molar refractivity (Wildman–Crippen MR) is 122 cm³/mol. The van der Waals surface area contributed by atoms with E-state index in [9.17, 15) is 9.90 Å². The van der Waals surface area contributed by atoms with E-state index >= 15 is 0 Å². The Balaban J connectivity index is 1.23. The Labute approximate surface area is 189 Å². The second-order valence-corrected chi connectivity index (χ2v) is 8.76. The van der Waals surface area contributed by atoms with E-state index in [2.05, 4.69) is 49.8 Å². The number of ether oxygens (including phenoxy) is 1. The van der Waals surface area contributed by atoms with Crippen LogP contribution in [0.15, 0.2) is 36.7 Å². The van der Waals surface area contributed by atoms with Crippen LogP contribution in [-0.4, -0.2) is 70.9 Å². The monoisotopic (exact) mass is 439 g/mol. The predicted octanol–water partition coefficient (Wildman–Crippen LogP) is 2.00. The molecule has 1 saturated carbocycles. The number of fused-ring (bicyclic) bond motifs is 1. The number of aliphatic hydroxyl groups excluding tert-OH is 1. The lowest BCUT2D eigenvalue weighted by Crippen LogP contribution is -2.42. The summed E-state index contributed by atoms with van der Waals surface area (Å²) in [6.07, 6.45) is 6.15. The van der Waals surface area contributed by atoms with Gasteiger partial charge in [0.2, 0.25) is 0 Å². The Morgan fingerprint density at radius 2 is 2.00 bits per heavy atom. The van der Waals surface area contributed by atoms with Crippen LogP contribution in [0.5, 0.6) is 0 Å². The van der Waals surface area contributed by atoms with Gasteiger partial charge in [-0.05, 0) is 43.2 Å². The van der Waals surface area contributed by atoms with Gasteiger partial charge in [-0.2, -0.15) is 0 Å². The van der Waals surface area contributed by atoms with Gasteiger partial charge < -0.3 is 20.5 Å². The number of aliphatic hydroxyl groups is 1. The molecule has 0 unspecified atom stereocenters. The summed E-state index contributed by atoms with van der Waals surface area (Å²) in [4.78, 5) is 23.1. The van der Waals surface area contributed by atoms with Crippen LogP contribution in [0.4, 0.5) is 5.82 Å². The number of hydrogen-bond acceptors (Lipinski definition) is 7. The van der Waals surface area contributed by atoms with Gasteiger partial charge in [0.25, 0.3) is 5.91 Å². The van der Waals surface area contributed by atoms with Gasteiger partial charge in [0.15, 0.2) is 0 Å². The van der Waals surface area contributed by atoms with Crippen molar-refractivity contribution in [3.8, 4) is 0 Å². The average molecular weight is 440 g/mol. The highest BCUT2D eigenvalue weighted by molar-refractivity contribution is 5.92. The van der Waals surface area contributed by atoms with E-state index in [4.69, 9.17) is 4.74 Å². The van der Waals surface area contributed by atoms with Crippen LogP contribution in [-0.2, 0) is 17.7 Å². The molecule has 0 saturated heterocycles. The number of nitrogens with zero attached hydrogens (tertiary/aromatic N) is 3. The van der Waals surface area contributed by atoms with Crippen LogP contribution >= 0.6 is 0 Å². The van der Waals surface area contributed by atoms with Crippen LogP contribution in [0, 0.1) is 0 Å². The summed E-state index contributed by atoms with van der Waals surface area (Å²) in [6.45, 7) is 2.45. The number of carbonyl (C=O) groups excluding carboxylic acids is 1. The number of carbonyl (C=O) groups is 1. The number of amides is 1. The van der Waals surface area contributed by atoms with Gasteiger partial charge in [0.05, 0.1) is 12.2 Å². The van der Waals surface area contributed by atoms with E-state index < -0.39 is 6.10 Å². The van der Waals surface area contributed by atoms with Gasteiger partial charge in [-0.25, -0.2) is 9.97 Å². The van der Waals surface area contributed by atoms with Crippen molar-refractivity contribution in [1.82, 2.24) is 20.2 Å². The van der Waals surface area contributed by atoms with Crippen LogP contribution in [0.1, 0.15) is 47.3 Å². The molecule has 8 heteroatoms. The van der Waals surface area contributed by atoms with Gasteiger partial charge >= 0.3 is 0 Å². The summed E-state index contributed by atoms with van der Waals surface area (Å²) < 4.78 is 5.42. The summed E-state index contributed by atoms with van der Waals surface area (Å²) in [5, 5.41) is 16.7. The highest BCUT2D eigenvalue weighted by atomic mass is 16.5. The largest absolute Gasteiger partial charge is 0.390 e. The maximum absolute atomic E-state index is 12.6. The molecule has 3 N–H and O–H groups in total. The first-order valence-electron chi connectivity index (χ1n) is 11.5. The van der Waals surface area contributed by atoms with Crippen molar-refractivity contribution >= 4 is 11.7 Å². The van der Waals surface area contributed by atoms with Crippen molar-refractivity contribution in [1.29, 1.82) is 0 Å². The van der Waals surface area contributed by atoms with E-state index in [1.165, 1.54) is 17.5 Å². The number of rotatable bonds is 8. The van der Waals surface area contributed by atoms with E-state index in [-0.39, 0.29) is 12.5 Å². The summed E-state index contributed by atoms with van der Waals surface area (Å²) >= 11 is 0. The lowest BCUT2D eigenvalue weighted by molar-refractivity contribution is 0.0681. The first-order valence-corrected chi connectivity index (χ1v) is 11.5. The molecule has 2 aromatic rings. The summed E-state index contributed by atoms with van der Waals surface area (Å²) in [5.74, 6) is 0.347. The van der Waals surface area contributed by atoms with Crippen molar-refractivity contribution in [3.63, 3.8) is 0 Å². The summed E-state index contributed by atoms with van der Waals surface area (Å²) in [5.41, 5.74) is 2.99. The molecular formula is C24H33N5O3. The van der Waals surface area contributed by atoms with Crippen LogP contribution < -0.4 is 10.6 Å². The molecule has 1 atom stereocenters. The zero-order valence-corrected chi connectivity index (χ0v) is 18.7. The molecule has 8 nitrogen and oxygen atoms in total. The van der Waals surface area contributed by atoms with Gasteiger partial charge in [0, 0.05) is 45.4 Å². The molecule has 1 aromatic heterocycles. The topological polar surface area (TPSA) is 99.6 Å². The number of nitrogens with one attached hydrogen (secondary N) is 2. The van der Waals surface area contributed by atoms with Crippen molar-refractivity contribution in [2.45, 2.75) is 56.9 Å². The molecule has 1 aliphatic carbocycles. The highest BCUT2D eigenvalue weighted by Crippen LogP contribution is 2.23. The van der Waals surface area contributed by atoms with Crippen LogP contribution in [0.2, 0.25) is 0 Å². The SMILES string of the molecule is COC1CCC(Nc2cc(C(=O)NC[C@H](O)CN3CCc4ccccc4C3)ncn2)CC1. The Bertz CT molecular complexity index is 901. The number of β-amino-alcohol motifs (C(OH)–C–C–N with tert-alkyl or cyclic N) is 1. The van der Waals surface area contributed by atoms with E-state index in [0.717, 1.165) is 45.2 Å². The maximum Gasteiger partial charge on any atom is 0.270 e. The Kier molecular flexibility index (Phi) is 7.68. The second kappa shape index (κ2) is 10.8. The highest BCUT2D eigenvalue weighted by Gasteiger charge is 2.22. The fourth-order valence-electron chi connectivity index (χ4n) is 4.59. The fourth-order valence-corrected chi connectivity index (χ4v) is 4.59. The lowest BCUT2D eigenvalue weighted by Gasteiger charge is -2.30. The standard InChI is InChI=1S/C24H33N5O3/c1-32-21-8-6-19(7-9-21)28-23-12-22(26-16-27-23)24(31)25-13-20(30)15-29-11-10-17-4-2-3-5-18(17)14-29/h2-5,12,16,19-21,30H,6-11,13-15H2,1H3,(H,25,31)(H,26,27,28)/t19?,20-,21?/m0/s1. The van der Waals surface area contributed by atoms with Crippen LogP contribution in [0.25, 0.3) is 0 Å². The number of hydrogen-bond donors (Lipinski definition) is 3. The van der Waals surface area contributed by atoms with Crippen molar-refractivity contribution in [2.24, 2.45) is 0 Å². The zero-order chi connectivity index (χ0) is 22.3. The number of methoxy groups -OCH3 is 1. The van der Waals surface area contributed by atoms with Crippen molar-refractivity contribution < 1.29 is 14.6 Å². The van der Waals surface area contributed by atoms with Gasteiger partial charge in [0.1, 0.15) is 17.8 Å². The second-order valence-electron chi connectivity index (χ2n) is 8.76. The lowest BCUT2D eigenvalue weighted by atomic mass is 9.93. The molecule has 0 bridgehead atoms. The smallest absolute Gasteiger partial charge is 0.270 e. The molecule has 32 heavy (non-hydrogen) atoms. The minimum Gasteiger partial charge on any atom is -0.390 e. The third kappa shape index (κ3) is 6.03. The third-order valence-corrected chi connectivity index (χ3v) is 6.44. The maximum atomic E-state index is 12.6. The summed E-state index contributed by atoms with van der Waals surface area (Å²) in [6, 6.07) is 10.4. The van der Waals surface area contributed by atoms with E-state index in [0.29, 0.717) is 30.2 Å². The molecule has 172 valence electrons. The van der Waals surface area contributed by atoms with Gasteiger partial charge in [-0.3, -0.25) is 9.69 Å². The molecule has 1 amide bonds. The van der Waals surface area contributed by atoms with Gasteiger partial charge in [-0.15, -0.1) is 0 Å². The molecular weight excluding hydrogens is 406 g/mol. The quantitative estimate of drug-likeness (QED) is 0.578. The molecule has 4 rings (SSSR count). The number of benzene rings is 1. The van der Waals surface area contributed by atoms with Crippen LogP contribution in [0.3, 0.4) is 0 Å². The minimum atomic E-state index is -0.639. The molecule has 0 spiro atoms. The first-order chi connectivity index (χ1) is 15.6. The fraction of sp³-hybridized carbons (Fsp3) is 0.542. The van der Waals surface area contributed by atoms with Crippen molar-refractivity contribution in [2.75, 3.05) is 32.1 Å². The molecule has 2 heterocycles. The normalized spacial score (nSPS) is 22.1. The Morgan fingerprint density at radius 3 is 2.78 bits per heavy atom. The average Bonchev–Trinajstić information content (AvgIpc) is 2.83. The number of aromatic nitrogens is 2. The molecule has 1 aromatic carbocycles. The number of anilines is 1. The zero-order valence-electron chi connectivity index (χ0n) is 18.7. The Morgan fingerprint density at radius 1 is 1.22 bits per heavy atom. The van der Waals surface area contributed by atoms with Gasteiger partial charge in [-0.1, -0.05) is 24.3 Å². The third-order valence-electron chi connectivity index (χ3n) is 6.44. The first kappa shape index (κ1) is 22.6. The van der Waals surface area contributed by atoms with E-state index in [1.54, 1.807) is 13.2 Å². The summed E-state index contributed by atoms with van der Waals surface area (Å²) in [7, 11) is 1.76. The Hall–Kier alpha value is -2.55. The van der Waals surface area contributed by atoms with E-state index in [1.807, 2.05) is 0 Å². The molecule has 0 radical (unpaired) electrons. The molecule has 1 fully saturated rings. The van der Waals surface area contributed by atoms with Crippen molar-refractivity contribution in [3.05, 3.63) is 53.5 Å². The molecule has 2 aliphatic rings.